The molecule has 1 aromatic heterocycles. The zero-order chi connectivity index (χ0) is 21.5. The molecule has 1 unspecified atom stereocenters. The normalized spacial score (nSPS) is 19.2. The first-order valence-corrected chi connectivity index (χ1v) is 10.4. The van der Waals surface area contributed by atoms with E-state index in [1.165, 1.54) is 28.4 Å². The first-order valence-electron chi connectivity index (χ1n) is 9.52. The van der Waals surface area contributed by atoms with E-state index < -0.39 is 17.7 Å². The molecule has 2 aliphatic rings. The molecule has 0 aliphatic carbocycles. The lowest BCUT2D eigenvalue weighted by Gasteiger charge is -2.25. The van der Waals surface area contributed by atoms with Gasteiger partial charge in [-0.3, -0.25) is 9.59 Å². The molecule has 0 spiro atoms. The molecule has 8 heteroatoms. The van der Waals surface area contributed by atoms with E-state index in [0.29, 0.717) is 22.6 Å². The number of aromatic hydroxyl groups is 1. The predicted octanol–water partition coefficient (Wildman–Crippen LogP) is 3.80. The number of amides is 1. The molecule has 0 bridgehead atoms. The van der Waals surface area contributed by atoms with Crippen molar-refractivity contribution in [1.29, 1.82) is 0 Å². The highest BCUT2D eigenvalue weighted by molar-refractivity contribution is 7.09. The Bertz CT molecular complexity index is 1200. The van der Waals surface area contributed by atoms with Crippen LogP contribution in [-0.4, -0.2) is 33.6 Å². The molecule has 2 aromatic carbocycles. The molecule has 0 saturated carbocycles. The Morgan fingerprint density at radius 3 is 2.58 bits per heavy atom. The number of ether oxygens (including phenoxy) is 2. The van der Waals surface area contributed by atoms with Gasteiger partial charge in [-0.15, -0.1) is 11.3 Å². The molecule has 3 heterocycles. The van der Waals surface area contributed by atoms with Crippen molar-refractivity contribution in [1.82, 2.24) is 4.90 Å². The highest BCUT2D eigenvalue weighted by Crippen LogP contribution is 2.42. The minimum Gasteiger partial charge on any atom is -0.508 e. The first kappa shape index (κ1) is 19.2. The van der Waals surface area contributed by atoms with E-state index in [0.717, 1.165) is 4.88 Å². The van der Waals surface area contributed by atoms with Crippen LogP contribution in [0.5, 0.6) is 17.2 Å². The number of hydrogen-bond acceptors (Lipinski definition) is 7. The topological polar surface area (TPSA) is 96.3 Å². The number of phenols is 1. The van der Waals surface area contributed by atoms with E-state index in [4.69, 9.17) is 9.47 Å². The zero-order valence-corrected chi connectivity index (χ0v) is 17.0. The van der Waals surface area contributed by atoms with Crippen LogP contribution in [0.4, 0.5) is 0 Å². The Morgan fingerprint density at radius 2 is 1.84 bits per heavy atom. The molecule has 31 heavy (non-hydrogen) atoms. The Kier molecular flexibility index (Phi) is 4.63. The van der Waals surface area contributed by atoms with E-state index >= 15 is 0 Å². The largest absolute Gasteiger partial charge is 0.508 e. The molecular weight excluding hydrogens is 418 g/mol. The van der Waals surface area contributed by atoms with Gasteiger partial charge in [-0.05, 0) is 47.3 Å². The summed E-state index contributed by atoms with van der Waals surface area (Å²) in [5.41, 5.74) is 0.948. The molecule has 7 nitrogen and oxygen atoms in total. The van der Waals surface area contributed by atoms with Crippen LogP contribution in [0.1, 0.15) is 22.0 Å². The predicted molar refractivity (Wildman–Crippen MR) is 113 cm³/mol. The lowest BCUT2D eigenvalue weighted by atomic mass is 9.95. The van der Waals surface area contributed by atoms with E-state index in [2.05, 4.69) is 0 Å². The molecule has 1 atom stereocenters. The Labute approximate surface area is 181 Å². The third kappa shape index (κ3) is 3.30. The number of Topliss-reactive ketones (excluding diaryl/α,β-unsaturated/α-hetero) is 1. The summed E-state index contributed by atoms with van der Waals surface area (Å²) in [6.45, 7) is 0.309. The summed E-state index contributed by atoms with van der Waals surface area (Å²) in [5, 5.41) is 22.7. The number of ketones is 1. The van der Waals surface area contributed by atoms with Crippen molar-refractivity contribution in [2.45, 2.75) is 12.6 Å². The number of benzene rings is 2. The number of aliphatic hydroxyl groups excluding tert-OH is 1. The number of phenolic OH excluding ortho intramolecular Hbond substituents is 1. The van der Waals surface area contributed by atoms with Crippen molar-refractivity contribution in [3.05, 3.63) is 81.6 Å². The number of rotatable bonds is 4. The maximum Gasteiger partial charge on any atom is 0.295 e. The highest BCUT2D eigenvalue weighted by Gasteiger charge is 2.46. The summed E-state index contributed by atoms with van der Waals surface area (Å²) in [6, 6.07) is 14.1. The van der Waals surface area contributed by atoms with Gasteiger partial charge in [0.2, 0.25) is 6.79 Å². The number of hydrogen-bond donors (Lipinski definition) is 2. The Balaban J connectivity index is 1.64. The maximum absolute atomic E-state index is 13.0. The molecule has 0 radical (unpaired) electrons. The lowest BCUT2D eigenvalue weighted by molar-refractivity contribution is -0.140. The van der Waals surface area contributed by atoms with Crippen molar-refractivity contribution in [2.75, 3.05) is 6.79 Å². The lowest BCUT2D eigenvalue weighted by Crippen LogP contribution is -2.28. The summed E-state index contributed by atoms with van der Waals surface area (Å²) in [4.78, 5) is 28.3. The Hall–Kier alpha value is -3.78. The number of aliphatic hydroxyl groups is 1. The van der Waals surface area contributed by atoms with E-state index in [9.17, 15) is 19.8 Å². The molecule has 2 N–H and O–H groups in total. The Morgan fingerprint density at radius 1 is 1.06 bits per heavy atom. The SMILES string of the molecule is O=C1C(=O)N(Cc2cccs2)C(c2ccc(O)cc2)/C1=C(/O)c1ccc2c(c1)OCO2. The van der Waals surface area contributed by atoms with Crippen LogP contribution in [0, 0.1) is 0 Å². The van der Waals surface area contributed by atoms with Gasteiger partial charge in [-0.1, -0.05) is 18.2 Å². The summed E-state index contributed by atoms with van der Waals surface area (Å²) >= 11 is 1.48. The standard InChI is InChI=1S/C23H17NO6S/c25-15-6-3-13(4-7-15)20-19(21(26)14-5-8-17-18(10-14)30-12-29-17)22(27)23(28)24(20)11-16-2-1-9-31-16/h1-10,20,25-26H,11-12H2/b21-19-. The summed E-state index contributed by atoms with van der Waals surface area (Å²) in [7, 11) is 0. The quantitative estimate of drug-likeness (QED) is 0.368. The summed E-state index contributed by atoms with van der Waals surface area (Å²) in [6.07, 6.45) is 0. The van der Waals surface area contributed by atoms with Gasteiger partial charge >= 0.3 is 0 Å². The molecule has 3 aromatic rings. The van der Waals surface area contributed by atoms with Gasteiger partial charge < -0.3 is 24.6 Å². The number of fused-ring (bicyclic) bond motifs is 1. The maximum atomic E-state index is 13.0. The van der Waals surface area contributed by atoms with Crippen LogP contribution in [0.3, 0.4) is 0 Å². The van der Waals surface area contributed by atoms with E-state index in [-0.39, 0.29) is 30.4 Å². The number of carbonyl (C=O) groups is 2. The first-order chi connectivity index (χ1) is 15.0. The fourth-order valence-corrected chi connectivity index (χ4v) is 4.52. The number of thiophene rings is 1. The number of nitrogens with zero attached hydrogens (tertiary/aromatic N) is 1. The number of carbonyl (C=O) groups excluding carboxylic acids is 2. The van der Waals surface area contributed by atoms with Crippen LogP contribution in [0.2, 0.25) is 0 Å². The molecular formula is C23H17NO6S. The summed E-state index contributed by atoms with van der Waals surface area (Å²) < 4.78 is 10.7. The molecule has 1 saturated heterocycles. The van der Waals surface area contributed by atoms with Gasteiger partial charge in [-0.25, -0.2) is 0 Å². The van der Waals surface area contributed by atoms with Gasteiger partial charge in [0.25, 0.3) is 11.7 Å². The minimum absolute atomic E-state index is 0.00823. The fraction of sp³-hybridized carbons (Fsp3) is 0.130. The van der Waals surface area contributed by atoms with Gasteiger partial charge in [0.05, 0.1) is 18.2 Å². The minimum atomic E-state index is -0.798. The van der Waals surface area contributed by atoms with Crippen LogP contribution >= 0.6 is 11.3 Å². The average Bonchev–Trinajstić information content (AvgIpc) is 3.51. The smallest absolute Gasteiger partial charge is 0.295 e. The van der Waals surface area contributed by atoms with Crippen LogP contribution < -0.4 is 9.47 Å². The highest BCUT2D eigenvalue weighted by atomic mass is 32.1. The second-order valence-electron chi connectivity index (χ2n) is 7.17. The fourth-order valence-electron chi connectivity index (χ4n) is 3.82. The van der Waals surface area contributed by atoms with Crippen LogP contribution in [-0.2, 0) is 16.1 Å². The number of likely N-dealkylation sites (tertiary alicyclic amines) is 1. The van der Waals surface area contributed by atoms with Gasteiger partial charge in [-0.2, -0.15) is 0 Å². The molecule has 1 fully saturated rings. The second kappa shape index (κ2) is 7.48. The molecule has 1 amide bonds. The third-order valence-electron chi connectivity index (χ3n) is 5.30. The van der Waals surface area contributed by atoms with Gasteiger partial charge in [0.1, 0.15) is 11.5 Å². The van der Waals surface area contributed by atoms with E-state index in [1.807, 2.05) is 17.5 Å². The average molecular weight is 435 g/mol. The van der Waals surface area contributed by atoms with Crippen LogP contribution in [0.15, 0.2) is 65.6 Å². The monoisotopic (exact) mass is 435 g/mol. The van der Waals surface area contributed by atoms with Gasteiger partial charge in [0.15, 0.2) is 11.5 Å². The van der Waals surface area contributed by atoms with Crippen molar-refractivity contribution in [2.24, 2.45) is 0 Å². The van der Waals surface area contributed by atoms with Crippen molar-refractivity contribution in [3.63, 3.8) is 0 Å². The van der Waals surface area contributed by atoms with Gasteiger partial charge in [0, 0.05) is 10.4 Å². The molecule has 5 rings (SSSR count). The molecule has 156 valence electrons. The van der Waals surface area contributed by atoms with Crippen LogP contribution in [0.25, 0.3) is 5.76 Å². The van der Waals surface area contributed by atoms with Crippen molar-refractivity contribution in [3.8, 4) is 17.2 Å². The third-order valence-corrected chi connectivity index (χ3v) is 6.16. The summed E-state index contributed by atoms with van der Waals surface area (Å²) in [5.74, 6) is -0.667. The second-order valence-corrected chi connectivity index (χ2v) is 8.20. The van der Waals surface area contributed by atoms with Crippen molar-refractivity contribution >= 4 is 28.8 Å². The van der Waals surface area contributed by atoms with E-state index in [1.54, 1.807) is 30.3 Å². The molecule has 2 aliphatic heterocycles. The zero-order valence-electron chi connectivity index (χ0n) is 16.1. The van der Waals surface area contributed by atoms with Crippen molar-refractivity contribution < 1.29 is 29.3 Å².